The highest BCUT2D eigenvalue weighted by Gasteiger charge is 2.39. The van der Waals surface area contributed by atoms with Crippen molar-refractivity contribution in [3.63, 3.8) is 0 Å². The number of piperidine rings is 1. The van der Waals surface area contributed by atoms with E-state index in [2.05, 4.69) is 14.9 Å². The Morgan fingerprint density at radius 2 is 2.10 bits per heavy atom. The first-order valence-corrected chi connectivity index (χ1v) is 7.11. The molecule has 0 saturated carbocycles. The molecule has 110 valence electrons. The molecule has 0 aromatic carbocycles. The molecule has 0 radical (unpaired) electrons. The molecule has 1 aliphatic heterocycles. The van der Waals surface area contributed by atoms with E-state index in [1.54, 1.807) is 6.20 Å². The maximum Gasteiger partial charge on any atom is 0.309 e. The number of aryl methyl sites for hydroxylation is 2. The molecule has 1 saturated heterocycles. The van der Waals surface area contributed by atoms with E-state index >= 15 is 0 Å². The fourth-order valence-electron chi connectivity index (χ4n) is 2.63. The third-order valence-electron chi connectivity index (χ3n) is 4.50. The summed E-state index contributed by atoms with van der Waals surface area (Å²) in [7, 11) is 0. The van der Waals surface area contributed by atoms with Crippen LogP contribution >= 0.6 is 0 Å². The number of rotatable bonds is 3. The van der Waals surface area contributed by atoms with Crippen molar-refractivity contribution in [1.29, 1.82) is 0 Å². The number of carboxylic acids is 1. The zero-order valence-corrected chi connectivity index (χ0v) is 12.7. The van der Waals surface area contributed by atoms with Crippen LogP contribution in [0.5, 0.6) is 0 Å². The summed E-state index contributed by atoms with van der Waals surface area (Å²) in [5.74, 6) is 0.270. The molecule has 5 nitrogen and oxygen atoms in total. The van der Waals surface area contributed by atoms with Crippen LogP contribution in [-0.4, -0.2) is 34.1 Å². The predicted molar refractivity (Wildman–Crippen MR) is 77.9 cm³/mol. The van der Waals surface area contributed by atoms with Crippen LogP contribution in [0, 0.1) is 25.2 Å². The molecule has 1 aliphatic rings. The van der Waals surface area contributed by atoms with Gasteiger partial charge in [-0.05, 0) is 46.5 Å². The third kappa shape index (κ3) is 2.76. The van der Waals surface area contributed by atoms with E-state index in [0.29, 0.717) is 0 Å². The summed E-state index contributed by atoms with van der Waals surface area (Å²) >= 11 is 0. The van der Waals surface area contributed by atoms with Crippen LogP contribution in [0.3, 0.4) is 0 Å². The number of nitrogens with zero attached hydrogens (tertiary/aromatic N) is 3. The van der Waals surface area contributed by atoms with Crippen LogP contribution < -0.4 is 4.90 Å². The molecule has 1 unspecified atom stereocenters. The summed E-state index contributed by atoms with van der Waals surface area (Å²) in [4.78, 5) is 22.5. The minimum Gasteiger partial charge on any atom is -0.481 e. The summed E-state index contributed by atoms with van der Waals surface area (Å²) in [5, 5.41) is 9.38. The van der Waals surface area contributed by atoms with Gasteiger partial charge in [0.1, 0.15) is 5.82 Å². The van der Waals surface area contributed by atoms with Crippen LogP contribution in [0.15, 0.2) is 6.20 Å². The van der Waals surface area contributed by atoms with Crippen LogP contribution in [0.25, 0.3) is 0 Å². The first-order valence-electron chi connectivity index (χ1n) is 7.11. The lowest BCUT2D eigenvalue weighted by Gasteiger charge is -2.39. The fourth-order valence-corrected chi connectivity index (χ4v) is 2.63. The number of hydrogen-bond acceptors (Lipinski definition) is 4. The molecular weight excluding hydrogens is 254 g/mol. The quantitative estimate of drug-likeness (QED) is 0.919. The van der Waals surface area contributed by atoms with Crippen molar-refractivity contribution < 1.29 is 9.90 Å². The fraction of sp³-hybridized carbons (Fsp3) is 0.667. The number of carboxylic acid groups (broad SMARTS) is 1. The highest BCUT2D eigenvalue weighted by Crippen LogP contribution is 2.35. The van der Waals surface area contributed by atoms with Crippen molar-refractivity contribution in [2.45, 2.75) is 40.5 Å². The Kier molecular flexibility index (Phi) is 3.97. The van der Waals surface area contributed by atoms with Gasteiger partial charge in [0.05, 0.1) is 23.0 Å². The highest BCUT2D eigenvalue weighted by molar-refractivity contribution is 5.74. The molecule has 1 aromatic rings. The number of carbonyl (C=O) groups is 1. The summed E-state index contributed by atoms with van der Waals surface area (Å²) in [6, 6.07) is 0. The molecule has 0 amide bonds. The molecule has 1 N–H and O–H groups in total. The van der Waals surface area contributed by atoms with Crippen LogP contribution in [-0.2, 0) is 4.79 Å². The Labute approximate surface area is 120 Å². The second-order valence-corrected chi connectivity index (χ2v) is 6.21. The van der Waals surface area contributed by atoms with E-state index in [-0.39, 0.29) is 5.92 Å². The standard InChI is InChI=1S/C15H23N3O2/c1-10-11(2)17-13(8-16-10)18-7-5-6-12(9-18)15(3,4)14(19)20/h8,12H,5-7,9H2,1-4H3,(H,19,20). The van der Waals surface area contributed by atoms with E-state index in [1.807, 2.05) is 27.7 Å². The van der Waals surface area contributed by atoms with Gasteiger partial charge in [-0.2, -0.15) is 0 Å². The van der Waals surface area contributed by atoms with Crippen LogP contribution in [0.2, 0.25) is 0 Å². The lowest BCUT2D eigenvalue weighted by molar-refractivity contribution is -0.150. The highest BCUT2D eigenvalue weighted by atomic mass is 16.4. The van der Waals surface area contributed by atoms with Gasteiger partial charge in [0.15, 0.2) is 0 Å². The molecule has 0 spiro atoms. The molecule has 1 fully saturated rings. The van der Waals surface area contributed by atoms with Gasteiger partial charge < -0.3 is 10.0 Å². The largest absolute Gasteiger partial charge is 0.481 e. The van der Waals surface area contributed by atoms with Crippen molar-refractivity contribution in [2.24, 2.45) is 11.3 Å². The van der Waals surface area contributed by atoms with Gasteiger partial charge in [0.25, 0.3) is 0 Å². The van der Waals surface area contributed by atoms with E-state index < -0.39 is 11.4 Å². The predicted octanol–water partition coefficient (Wildman–Crippen LogP) is 2.42. The maximum atomic E-state index is 11.4. The van der Waals surface area contributed by atoms with Gasteiger partial charge in [-0.25, -0.2) is 4.98 Å². The topological polar surface area (TPSA) is 66.3 Å². The number of aliphatic carboxylic acids is 1. The molecule has 5 heteroatoms. The van der Waals surface area contributed by atoms with Gasteiger partial charge in [0, 0.05) is 13.1 Å². The second kappa shape index (κ2) is 5.38. The van der Waals surface area contributed by atoms with Gasteiger partial charge in [0.2, 0.25) is 0 Å². The van der Waals surface area contributed by atoms with Gasteiger partial charge >= 0.3 is 5.97 Å². The maximum absolute atomic E-state index is 11.4. The molecule has 1 aromatic heterocycles. The first kappa shape index (κ1) is 14.8. The van der Waals surface area contributed by atoms with E-state index in [9.17, 15) is 9.90 Å². The van der Waals surface area contributed by atoms with Crippen molar-refractivity contribution in [2.75, 3.05) is 18.0 Å². The average molecular weight is 277 g/mol. The Morgan fingerprint density at radius 1 is 1.40 bits per heavy atom. The third-order valence-corrected chi connectivity index (χ3v) is 4.50. The monoisotopic (exact) mass is 277 g/mol. The molecule has 2 rings (SSSR count). The summed E-state index contributed by atoms with van der Waals surface area (Å²) in [5.41, 5.74) is 1.17. The Balaban J connectivity index is 2.18. The first-order chi connectivity index (χ1) is 9.32. The molecule has 2 heterocycles. The Bertz CT molecular complexity index is 514. The zero-order valence-electron chi connectivity index (χ0n) is 12.7. The van der Waals surface area contributed by atoms with Crippen LogP contribution in [0.4, 0.5) is 5.82 Å². The summed E-state index contributed by atoms with van der Waals surface area (Å²) in [6.07, 6.45) is 3.74. The molecule has 0 aliphatic carbocycles. The summed E-state index contributed by atoms with van der Waals surface area (Å²) in [6.45, 7) is 9.18. The number of anilines is 1. The van der Waals surface area contributed by atoms with Crippen molar-refractivity contribution >= 4 is 11.8 Å². The SMILES string of the molecule is Cc1ncc(N2CCCC(C(C)(C)C(=O)O)C2)nc1C. The molecule has 20 heavy (non-hydrogen) atoms. The van der Waals surface area contributed by atoms with Crippen molar-refractivity contribution in [1.82, 2.24) is 9.97 Å². The smallest absolute Gasteiger partial charge is 0.309 e. The zero-order chi connectivity index (χ0) is 14.9. The average Bonchev–Trinajstić information content (AvgIpc) is 2.42. The Hall–Kier alpha value is -1.65. The van der Waals surface area contributed by atoms with Crippen LogP contribution in [0.1, 0.15) is 38.1 Å². The lowest BCUT2D eigenvalue weighted by atomic mass is 9.74. The molecule has 0 bridgehead atoms. The minimum absolute atomic E-state index is 0.136. The summed E-state index contributed by atoms with van der Waals surface area (Å²) < 4.78 is 0. The lowest BCUT2D eigenvalue weighted by Crippen LogP contribution is -2.45. The Morgan fingerprint density at radius 3 is 2.70 bits per heavy atom. The van der Waals surface area contributed by atoms with E-state index in [1.165, 1.54) is 0 Å². The van der Waals surface area contributed by atoms with E-state index in [0.717, 1.165) is 43.1 Å². The normalized spacial score (nSPS) is 20.0. The number of hydrogen-bond donors (Lipinski definition) is 1. The van der Waals surface area contributed by atoms with Crippen molar-refractivity contribution in [3.05, 3.63) is 17.6 Å². The minimum atomic E-state index is -0.726. The van der Waals surface area contributed by atoms with Gasteiger partial charge in [-0.15, -0.1) is 0 Å². The van der Waals surface area contributed by atoms with E-state index in [4.69, 9.17) is 0 Å². The van der Waals surface area contributed by atoms with Gasteiger partial charge in [-0.1, -0.05) is 0 Å². The van der Waals surface area contributed by atoms with Gasteiger partial charge in [-0.3, -0.25) is 9.78 Å². The molecular formula is C15H23N3O2. The second-order valence-electron chi connectivity index (χ2n) is 6.21. The van der Waals surface area contributed by atoms with Crippen molar-refractivity contribution in [3.8, 4) is 0 Å². The number of aromatic nitrogens is 2. The molecule has 1 atom stereocenters.